The van der Waals surface area contributed by atoms with Crippen molar-refractivity contribution >= 4 is 11.9 Å². The van der Waals surface area contributed by atoms with Crippen LogP contribution >= 0.6 is 0 Å². The third-order valence-electron chi connectivity index (χ3n) is 6.54. The minimum atomic E-state index is -1.05. The summed E-state index contributed by atoms with van der Waals surface area (Å²) in [5, 5.41) is 18.7. The quantitative estimate of drug-likeness (QED) is 0.501. The largest absolute Gasteiger partial charge is 0.477 e. The van der Waals surface area contributed by atoms with Crippen LogP contribution in [0.25, 0.3) is 0 Å². The van der Waals surface area contributed by atoms with Gasteiger partial charge in [0.25, 0.3) is 0 Å². The molecule has 1 aliphatic heterocycles. The number of ether oxygens (including phenoxy) is 4. The highest BCUT2D eigenvalue weighted by Crippen LogP contribution is 2.18. The fourth-order valence-corrected chi connectivity index (χ4v) is 4.24. The highest BCUT2D eigenvalue weighted by atomic mass is 16.5. The van der Waals surface area contributed by atoms with Gasteiger partial charge in [0.05, 0.1) is 64.2 Å². The minimum absolute atomic E-state index is 0.0228. The van der Waals surface area contributed by atoms with E-state index in [0.717, 1.165) is 5.56 Å². The van der Waals surface area contributed by atoms with Crippen LogP contribution in [-0.4, -0.2) is 121 Å². The van der Waals surface area contributed by atoms with Crippen LogP contribution in [0.2, 0.25) is 0 Å². The van der Waals surface area contributed by atoms with E-state index in [-0.39, 0.29) is 17.3 Å². The Balaban J connectivity index is 1.53. The van der Waals surface area contributed by atoms with Gasteiger partial charge in [-0.25, -0.2) is 19.6 Å². The second kappa shape index (κ2) is 17.7. The fraction of sp³-hybridized carbons (Fsp3) is 0.586. The summed E-state index contributed by atoms with van der Waals surface area (Å²) in [5.74, 6) is -1.90. The monoisotopic (exact) mass is 574 g/mol. The second-order valence-electron chi connectivity index (χ2n) is 10.1. The summed E-state index contributed by atoms with van der Waals surface area (Å²) >= 11 is 0. The van der Waals surface area contributed by atoms with Crippen molar-refractivity contribution in [3.8, 4) is 0 Å². The number of aromatic nitrogens is 2. The number of pyridine rings is 2. The number of carboxylic acid groups (broad SMARTS) is 2. The molecule has 226 valence electrons. The van der Waals surface area contributed by atoms with Crippen LogP contribution in [0.3, 0.4) is 0 Å². The second-order valence-corrected chi connectivity index (χ2v) is 10.1. The summed E-state index contributed by atoms with van der Waals surface area (Å²) in [4.78, 5) is 35.7. The standard InChI is InChI=1S/C29H42N4O8/c1-22(2)23-18-25(31-27(19-23)29(36)37)21-33-8-12-40-16-14-38-10-6-32(7-11-39-15-17-41-13-9-33)20-24-4-3-5-26(30-24)28(34)35/h3-5,18-19,22H,6-17,20-21H2,1-2H3,(H,34,35)(H,36,37). The SMILES string of the molecule is CC(C)c1cc(CN2CCOCCOCCN(Cc3cccc(C(=O)O)n3)CCOCCOCC2)nc(C(=O)O)c1. The zero-order valence-corrected chi connectivity index (χ0v) is 24.0. The normalized spacial score (nSPS) is 18.0. The van der Waals surface area contributed by atoms with Gasteiger partial charge in [0.2, 0.25) is 0 Å². The van der Waals surface area contributed by atoms with E-state index < -0.39 is 11.9 Å². The van der Waals surface area contributed by atoms with E-state index in [1.54, 1.807) is 12.1 Å². The lowest BCUT2D eigenvalue weighted by Gasteiger charge is -2.24. The van der Waals surface area contributed by atoms with Gasteiger partial charge in [-0.3, -0.25) is 9.80 Å². The average Bonchev–Trinajstić information content (AvgIpc) is 2.94. The first-order valence-electron chi connectivity index (χ1n) is 14.0. The fourth-order valence-electron chi connectivity index (χ4n) is 4.24. The molecule has 2 N–H and O–H groups in total. The smallest absolute Gasteiger partial charge is 0.354 e. The number of aromatic carboxylic acids is 2. The van der Waals surface area contributed by atoms with Gasteiger partial charge in [0, 0.05) is 39.3 Å². The molecule has 2 aromatic heterocycles. The maximum absolute atomic E-state index is 11.6. The maximum atomic E-state index is 11.6. The summed E-state index contributed by atoms with van der Waals surface area (Å²) in [6.45, 7) is 11.3. The number of rotatable bonds is 7. The van der Waals surface area contributed by atoms with Gasteiger partial charge in [-0.2, -0.15) is 0 Å². The van der Waals surface area contributed by atoms with Crippen molar-refractivity contribution in [2.75, 3.05) is 79.0 Å². The van der Waals surface area contributed by atoms with E-state index in [1.807, 2.05) is 26.0 Å². The van der Waals surface area contributed by atoms with Gasteiger partial charge < -0.3 is 29.2 Å². The molecule has 0 bridgehead atoms. The van der Waals surface area contributed by atoms with Crippen molar-refractivity contribution in [2.24, 2.45) is 0 Å². The van der Waals surface area contributed by atoms with Gasteiger partial charge in [-0.15, -0.1) is 0 Å². The highest BCUT2D eigenvalue weighted by molar-refractivity contribution is 5.85. The van der Waals surface area contributed by atoms with E-state index >= 15 is 0 Å². The molecule has 0 amide bonds. The lowest BCUT2D eigenvalue weighted by atomic mass is 10.0. The predicted molar refractivity (Wildman–Crippen MR) is 150 cm³/mol. The lowest BCUT2D eigenvalue weighted by molar-refractivity contribution is 0.00597. The van der Waals surface area contributed by atoms with Crippen LogP contribution in [0.1, 0.15) is 57.7 Å². The van der Waals surface area contributed by atoms with Crippen molar-refractivity contribution in [3.05, 3.63) is 58.7 Å². The molecule has 0 radical (unpaired) electrons. The van der Waals surface area contributed by atoms with E-state index in [9.17, 15) is 19.8 Å². The molecule has 12 heteroatoms. The van der Waals surface area contributed by atoms with Crippen LogP contribution < -0.4 is 0 Å². The molecule has 0 atom stereocenters. The molecule has 1 fully saturated rings. The predicted octanol–water partition coefficient (Wildman–Crippen LogP) is 2.38. The molecular formula is C29H42N4O8. The van der Waals surface area contributed by atoms with Gasteiger partial charge in [0.15, 0.2) is 0 Å². The zero-order chi connectivity index (χ0) is 29.5. The molecule has 0 spiro atoms. The Kier molecular flexibility index (Phi) is 14.1. The van der Waals surface area contributed by atoms with Crippen LogP contribution in [0.4, 0.5) is 0 Å². The Morgan fingerprint density at radius 3 is 1.63 bits per heavy atom. The molecule has 3 heterocycles. The Hall–Kier alpha value is -3.00. The van der Waals surface area contributed by atoms with Gasteiger partial charge in [-0.1, -0.05) is 19.9 Å². The van der Waals surface area contributed by atoms with Crippen LogP contribution in [0, 0.1) is 0 Å². The summed E-state index contributed by atoms with van der Waals surface area (Å²) in [7, 11) is 0. The minimum Gasteiger partial charge on any atom is -0.477 e. The molecule has 2 aromatic rings. The van der Waals surface area contributed by atoms with Gasteiger partial charge in [0.1, 0.15) is 11.4 Å². The summed E-state index contributed by atoms with van der Waals surface area (Å²) < 4.78 is 23.2. The number of carbonyl (C=O) groups is 2. The average molecular weight is 575 g/mol. The van der Waals surface area contributed by atoms with Gasteiger partial charge >= 0.3 is 11.9 Å². The Morgan fingerprint density at radius 1 is 0.707 bits per heavy atom. The van der Waals surface area contributed by atoms with Crippen molar-refractivity contribution < 1.29 is 38.7 Å². The molecule has 0 aliphatic carbocycles. The number of nitrogens with zero attached hydrogens (tertiary/aromatic N) is 4. The van der Waals surface area contributed by atoms with E-state index in [0.29, 0.717) is 104 Å². The first-order chi connectivity index (χ1) is 19.8. The van der Waals surface area contributed by atoms with Crippen molar-refractivity contribution in [1.82, 2.24) is 19.8 Å². The molecule has 0 saturated carbocycles. The Labute approximate surface area is 241 Å². The first kappa shape index (κ1) is 32.5. The first-order valence-corrected chi connectivity index (χ1v) is 14.0. The number of hydrogen-bond acceptors (Lipinski definition) is 10. The van der Waals surface area contributed by atoms with Crippen LogP contribution in [0.5, 0.6) is 0 Å². The maximum Gasteiger partial charge on any atom is 0.354 e. The summed E-state index contributed by atoms with van der Waals surface area (Å²) in [6.07, 6.45) is 0. The van der Waals surface area contributed by atoms with Gasteiger partial charge in [-0.05, 0) is 35.7 Å². The van der Waals surface area contributed by atoms with Crippen LogP contribution in [-0.2, 0) is 32.0 Å². The molecule has 41 heavy (non-hydrogen) atoms. The third kappa shape index (κ3) is 12.2. The molecule has 0 unspecified atom stereocenters. The number of hydrogen-bond donors (Lipinski definition) is 2. The molecule has 0 aromatic carbocycles. The van der Waals surface area contributed by atoms with Crippen LogP contribution in [0.15, 0.2) is 30.3 Å². The van der Waals surface area contributed by atoms with E-state index in [2.05, 4.69) is 19.8 Å². The number of carboxylic acids is 2. The molecule has 3 rings (SSSR count). The lowest BCUT2D eigenvalue weighted by Crippen LogP contribution is -2.33. The summed E-state index contributed by atoms with van der Waals surface area (Å²) in [6, 6.07) is 8.59. The third-order valence-corrected chi connectivity index (χ3v) is 6.54. The summed E-state index contributed by atoms with van der Waals surface area (Å²) in [5.41, 5.74) is 2.40. The van der Waals surface area contributed by atoms with Crippen molar-refractivity contribution in [3.63, 3.8) is 0 Å². The Bertz CT molecular complexity index is 1080. The van der Waals surface area contributed by atoms with Crippen molar-refractivity contribution in [1.29, 1.82) is 0 Å². The van der Waals surface area contributed by atoms with E-state index in [1.165, 1.54) is 6.07 Å². The Morgan fingerprint density at radius 2 is 1.17 bits per heavy atom. The zero-order valence-electron chi connectivity index (χ0n) is 24.0. The van der Waals surface area contributed by atoms with E-state index in [4.69, 9.17) is 18.9 Å². The molecule has 12 nitrogen and oxygen atoms in total. The topological polar surface area (TPSA) is 144 Å². The molecule has 1 aliphatic rings. The molecular weight excluding hydrogens is 532 g/mol. The highest BCUT2D eigenvalue weighted by Gasteiger charge is 2.15. The molecule has 1 saturated heterocycles. The van der Waals surface area contributed by atoms with Crippen molar-refractivity contribution in [2.45, 2.75) is 32.9 Å².